The maximum Gasteiger partial charge on any atom is 0.137 e. The Bertz CT molecular complexity index is 1090. The SMILES string of the molecule is CCCCN(CCCCc1ccc(Cl)cc1)/C(=N/C=C(/C)CC)c1cc(C2C=CC(Cl)=CC2)[nH]c1C. The Hall–Kier alpha value is -2.23. The van der Waals surface area contributed by atoms with Gasteiger partial charge in [0.25, 0.3) is 0 Å². The van der Waals surface area contributed by atoms with E-state index in [1.807, 2.05) is 18.2 Å². The van der Waals surface area contributed by atoms with Crippen LogP contribution in [0.15, 0.2) is 70.4 Å². The normalized spacial score (nSPS) is 16.4. The molecule has 0 saturated heterocycles. The molecule has 1 N–H and O–H groups in total. The molecule has 0 radical (unpaired) electrons. The Kier molecular flexibility index (Phi) is 11.4. The number of nitrogens with one attached hydrogen (secondary N) is 1. The molecule has 5 heteroatoms. The van der Waals surface area contributed by atoms with Crippen molar-refractivity contribution in [2.45, 2.75) is 78.6 Å². The van der Waals surface area contributed by atoms with E-state index in [-0.39, 0.29) is 0 Å². The molecule has 3 nitrogen and oxygen atoms in total. The summed E-state index contributed by atoms with van der Waals surface area (Å²) in [6.07, 6.45) is 15.9. The van der Waals surface area contributed by atoms with Crippen LogP contribution in [0.1, 0.15) is 87.7 Å². The Labute approximate surface area is 228 Å². The van der Waals surface area contributed by atoms with Crippen molar-refractivity contribution < 1.29 is 0 Å². The summed E-state index contributed by atoms with van der Waals surface area (Å²) in [5.41, 5.74) is 6.22. The first-order valence-corrected chi connectivity index (χ1v) is 14.1. The van der Waals surface area contributed by atoms with E-state index in [0.29, 0.717) is 5.92 Å². The summed E-state index contributed by atoms with van der Waals surface area (Å²) in [6, 6.07) is 10.5. The fourth-order valence-corrected chi connectivity index (χ4v) is 4.67. The highest BCUT2D eigenvalue weighted by Gasteiger charge is 2.20. The summed E-state index contributed by atoms with van der Waals surface area (Å²) in [4.78, 5) is 11.2. The molecule has 3 rings (SSSR count). The summed E-state index contributed by atoms with van der Waals surface area (Å²) >= 11 is 12.2. The number of amidine groups is 1. The summed E-state index contributed by atoms with van der Waals surface area (Å²) < 4.78 is 0. The molecule has 1 aromatic carbocycles. The number of unbranched alkanes of at least 4 members (excludes halogenated alkanes) is 2. The zero-order chi connectivity index (χ0) is 25.9. The van der Waals surface area contributed by atoms with Crippen LogP contribution in [-0.2, 0) is 6.42 Å². The second-order valence-corrected chi connectivity index (χ2v) is 10.6. The number of aliphatic imine (C=N–C) groups is 1. The maximum atomic E-state index is 6.16. The number of H-pyrrole nitrogens is 1. The van der Waals surface area contributed by atoms with E-state index in [1.165, 1.54) is 28.1 Å². The van der Waals surface area contributed by atoms with E-state index in [4.69, 9.17) is 28.2 Å². The van der Waals surface area contributed by atoms with E-state index in [9.17, 15) is 0 Å². The third-order valence-corrected chi connectivity index (χ3v) is 7.37. The number of benzene rings is 1. The van der Waals surface area contributed by atoms with Crippen LogP contribution in [0, 0.1) is 6.92 Å². The average molecular weight is 527 g/mol. The first-order valence-electron chi connectivity index (χ1n) is 13.4. The van der Waals surface area contributed by atoms with Crippen molar-refractivity contribution in [3.8, 4) is 0 Å². The van der Waals surface area contributed by atoms with Gasteiger partial charge in [0, 0.05) is 52.2 Å². The minimum atomic E-state index is 0.317. The van der Waals surface area contributed by atoms with Crippen LogP contribution in [-0.4, -0.2) is 28.8 Å². The largest absolute Gasteiger partial charge is 0.361 e. The molecule has 194 valence electrons. The van der Waals surface area contributed by atoms with Crippen molar-refractivity contribution in [3.63, 3.8) is 0 Å². The van der Waals surface area contributed by atoms with Gasteiger partial charge in [-0.25, -0.2) is 4.99 Å². The van der Waals surface area contributed by atoms with Crippen molar-refractivity contribution >= 4 is 29.0 Å². The quantitative estimate of drug-likeness (QED) is 0.167. The number of allylic oxidation sites excluding steroid dienone is 5. The van der Waals surface area contributed by atoms with Gasteiger partial charge in [0.05, 0.1) is 0 Å². The summed E-state index contributed by atoms with van der Waals surface area (Å²) in [6.45, 7) is 10.8. The number of aryl methyl sites for hydroxylation is 2. The van der Waals surface area contributed by atoms with E-state index in [0.717, 1.165) is 73.9 Å². The number of aromatic nitrogens is 1. The Balaban J connectivity index is 1.81. The van der Waals surface area contributed by atoms with Gasteiger partial charge in [-0.05, 0) is 82.2 Å². The Morgan fingerprint density at radius 2 is 1.86 bits per heavy atom. The number of nitrogens with zero attached hydrogens (tertiary/aromatic N) is 2. The smallest absolute Gasteiger partial charge is 0.137 e. The zero-order valence-electron chi connectivity index (χ0n) is 22.3. The number of rotatable bonds is 12. The molecule has 1 aliphatic carbocycles. The van der Waals surface area contributed by atoms with Crippen LogP contribution in [0.5, 0.6) is 0 Å². The number of hydrogen-bond acceptors (Lipinski definition) is 1. The fraction of sp³-hybridized carbons (Fsp3) is 0.452. The van der Waals surface area contributed by atoms with Crippen LogP contribution in [0.2, 0.25) is 5.02 Å². The van der Waals surface area contributed by atoms with Gasteiger partial charge >= 0.3 is 0 Å². The lowest BCUT2D eigenvalue weighted by molar-refractivity contribution is 0.395. The summed E-state index contributed by atoms with van der Waals surface area (Å²) in [5.74, 6) is 1.40. The zero-order valence-corrected chi connectivity index (χ0v) is 23.8. The van der Waals surface area contributed by atoms with E-state index >= 15 is 0 Å². The molecule has 0 fully saturated rings. The van der Waals surface area contributed by atoms with Gasteiger partial charge in [-0.1, -0.05) is 73.3 Å². The molecule has 1 aliphatic rings. The lowest BCUT2D eigenvalue weighted by Gasteiger charge is -2.26. The highest BCUT2D eigenvalue weighted by atomic mass is 35.5. The molecule has 0 amide bonds. The molecule has 0 bridgehead atoms. The van der Waals surface area contributed by atoms with Crippen LogP contribution in [0.3, 0.4) is 0 Å². The molecule has 1 unspecified atom stereocenters. The molecule has 0 saturated carbocycles. The second kappa shape index (κ2) is 14.5. The third-order valence-electron chi connectivity index (χ3n) is 6.83. The number of aromatic amines is 1. The minimum Gasteiger partial charge on any atom is -0.361 e. The molecular weight excluding hydrogens is 485 g/mol. The molecule has 1 atom stereocenters. The highest BCUT2D eigenvalue weighted by Crippen LogP contribution is 2.29. The third kappa shape index (κ3) is 8.42. The average Bonchev–Trinajstić information content (AvgIpc) is 3.27. The predicted molar refractivity (Wildman–Crippen MR) is 157 cm³/mol. The van der Waals surface area contributed by atoms with Crippen LogP contribution in [0.4, 0.5) is 0 Å². The van der Waals surface area contributed by atoms with Crippen molar-refractivity contribution in [2.75, 3.05) is 13.1 Å². The van der Waals surface area contributed by atoms with Gasteiger partial charge < -0.3 is 9.88 Å². The molecule has 1 heterocycles. The first kappa shape index (κ1) is 28.3. The van der Waals surface area contributed by atoms with Gasteiger partial charge in [0.15, 0.2) is 0 Å². The molecule has 1 aromatic heterocycles. The Morgan fingerprint density at radius 3 is 2.53 bits per heavy atom. The molecule has 0 spiro atoms. The standard InChI is InChI=1S/C31H41Cl2N3/c1-5-7-19-36(20-9-8-10-25-11-15-27(32)16-12-25)31(34-22-23(3)6-2)29-21-30(35-24(29)4)26-13-17-28(33)18-14-26/h11-13,15-18,21-22,26,35H,5-10,14,19-20H2,1-4H3/b23-22-,34-31+. The van der Waals surface area contributed by atoms with Crippen molar-refractivity contribution in [2.24, 2.45) is 4.99 Å². The van der Waals surface area contributed by atoms with Crippen LogP contribution in [0.25, 0.3) is 0 Å². The number of halogens is 2. The molecular formula is C31H41Cl2N3. The fourth-order valence-electron chi connectivity index (χ4n) is 4.38. The Morgan fingerprint density at radius 1 is 1.11 bits per heavy atom. The van der Waals surface area contributed by atoms with Gasteiger partial charge in [0.2, 0.25) is 0 Å². The van der Waals surface area contributed by atoms with Crippen molar-refractivity contribution in [1.29, 1.82) is 0 Å². The predicted octanol–water partition coefficient (Wildman–Crippen LogP) is 9.33. The van der Waals surface area contributed by atoms with E-state index in [1.54, 1.807) is 0 Å². The second-order valence-electron chi connectivity index (χ2n) is 9.76. The number of hydrogen-bond donors (Lipinski definition) is 1. The monoisotopic (exact) mass is 525 g/mol. The lowest BCUT2D eigenvalue weighted by Crippen LogP contribution is -2.34. The van der Waals surface area contributed by atoms with Crippen molar-refractivity contribution in [1.82, 2.24) is 9.88 Å². The van der Waals surface area contributed by atoms with Gasteiger partial charge in [0.1, 0.15) is 5.84 Å². The van der Waals surface area contributed by atoms with Gasteiger partial charge in [-0.2, -0.15) is 0 Å². The lowest BCUT2D eigenvalue weighted by atomic mass is 9.97. The van der Waals surface area contributed by atoms with E-state index < -0.39 is 0 Å². The maximum absolute atomic E-state index is 6.16. The molecule has 2 aromatic rings. The summed E-state index contributed by atoms with van der Waals surface area (Å²) in [5, 5.41) is 1.62. The molecule has 36 heavy (non-hydrogen) atoms. The van der Waals surface area contributed by atoms with Crippen molar-refractivity contribution in [3.05, 3.63) is 92.9 Å². The van der Waals surface area contributed by atoms with E-state index in [2.05, 4.69) is 74.1 Å². The van der Waals surface area contributed by atoms with Gasteiger partial charge in [-0.15, -0.1) is 0 Å². The topological polar surface area (TPSA) is 31.4 Å². The minimum absolute atomic E-state index is 0.317. The summed E-state index contributed by atoms with van der Waals surface area (Å²) in [7, 11) is 0. The molecule has 0 aliphatic heterocycles. The van der Waals surface area contributed by atoms with Crippen LogP contribution < -0.4 is 0 Å². The highest BCUT2D eigenvalue weighted by molar-refractivity contribution is 6.31. The van der Waals surface area contributed by atoms with Crippen LogP contribution >= 0.6 is 23.2 Å². The van der Waals surface area contributed by atoms with Gasteiger partial charge in [-0.3, -0.25) is 0 Å². The first-order chi connectivity index (χ1) is 17.4.